The molecule has 0 bridgehead atoms. The summed E-state index contributed by atoms with van der Waals surface area (Å²) in [6.45, 7) is 3.73. The highest BCUT2D eigenvalue weighted by Gasteiger charge is 2.31. The number of allylic oxidation sites excluding steroid dienone is 2. The van der Waals surface area contributed by atoms with Crippen molar-refractivity contribution in [2.45, 2.75) is 38.5 Å². The van der Waals surface area contributed by atoms with Gasteiger partial charge >= 0.3 is 11.9 Å². The Bertz CT molecular complexity index is 723. The molecule has 0 amide bonds. The molecule has 1 unspecified atom stereocenters. The van der Waals surface area contributed by atoms with Gasteiger partial charge in [-0.2, -0.15) is 12.6 Å². The molecular weight excluding hydrogens is 332 g/mol. The first-order valence-corrected chi connectivity index (χ1v) is 7.94. The van der Waals surface area contributed by atoms with Gasteiger partial charge in [0, 0.05) is 11.1 Å². The smallest absolute Gasteiger partial charge is 0.342 e. The Morgan fingerprint density at radius 2 is 2.17 bits per heavy atom. The Morgan fingerprint density at radius 3 is 2.75 bits per heavy atom. The summed E-state index contributed by atoms with van der Waals surface area (Å²) < 4.78 is 10.4. The molecule has 0 saturated carbocycles. The van der Waals surface area contributed by atoms with Gasteiger partial charge in [-0.15, -0.1) is 0 Å². The number of phenolic OH excluding ortho intramolecular Hbond substituents is 1. The third kappa shape index (κ3) is 3.36. The minimum absolute atomic E-state index is 0.124. The molecule has 0 saturated heterocycles. The van der Waals surface area contributed by atoms with Crippen molar-refractivity contribution < 1.29 is 29.3 Å². The number of rotatable bonds is 6. The maximum atomic E-state index is 11.8. The zero-order valence-corrected chi connectivity index (χ0v) is 14.6. The largest absolute Gasteiger partial charge is 0.507 e. The lowest BCUT2D eigenvalue weighted by atomic mass is 9.94. The fourth-order valence-corrected chi connectivity index (χ4v) is 3.07. The van der Waals surface area contributed by atoms with Crippen molar-refractivity contribution in [1.82, 2.24) is 0 Å². The fourth-order valence-electron chi connectivity index (χ4n) is 2.78. The fraction of sp³-hybridized carbons (Fsp3) is 0.412. The molecule has 1 atom stereocenters. The average Bonchev–Trinajstić information content (AvgIpc) is 2.91. The molecule has 1 aromatic rings. The van der Waals surface area contributed by atoms with Gasteiger partial charge in [0.05, 0.1) is 7.11 Å². The van der Waals surface area contributed by atoms with Crippen LogP contribution in [0.3, 0.4) is 0 Å². The SMILES string of the molecule is COc1c(C)c2c(c(O)c1C/C=C(\C)CC(S)C(=O)O)C(=O)OC2. The van der Waals surface area contributed by atoms with E-state index in [0.29, 0.717) is 23.3 Å². The first kappa shape index (κ1) is 18.2. The standard InChI is InChI=1S/C17H20O6S/c1-8(6-12(24)16(19)20)4-5-10-14(18)13-11(7-23-17(13)21)9(2)15(10)22-3/h4,12,18,24H,5-7H2,1-3H3,(H,19,20)/b8-4+. The van der Waals surface area contributed by atoms with Gasteiger partial charge in [-0.3, -0.25) is 4.79 Å². The van der Waals surface area contributed by atoms with Crippen LogP contribution in [0.1, 0.15) is 40.4 Å². The number of aromatic hydroxyl groups is 1. The molecule has 6 nitrogen and oxygen atoms in total. The molecule has 0 spiro atoms. The van der Waals surface area contributed by atoms with E-state index in [9.17, 15) is 14.7 Å². The Balaban J connectivity index is 2.37. The van der Waals surface area contributed by atoms with E-state index in [1.165, 1.54) is 7.11 Å². The number of carboxylic acids is 1. The van der Waals surface area contributed by atoms with Gasteiger partial charge in [0.2, 0.25) is 0 Å². The summed E-state index contributed by atoms with van der Waals surface area (Å²) in [7, 11) is 1.50. The Morgan fingerprint density at radius 1 is 1.50 bits per heavy atom. The third-order valence-corrected chi connectivity index (χ3v) is 4.51. The molecule has 2 N–H and O–H groups in total. The second kappa shape index (κ2) is 7.17. The van der Waals surface area contributed by atoms with E-state index in [-0.39, 0.29) is 24.3 Å². The minimum Gasteiger partial charge on any atom is -0.507 e. The number of carbonyl (C=O) groups excluding carboxylic acids is 1. The summed E-state index contributed by atoms with van der Waals surface area (Å²) in [6, 6.07) is 0. The molecule has 0 radical (unpaired) electrons. The van der Waals surface area contributed by atoms with Crippen molar-refractivity contribution in [2.24, 2.45) is 0 Å². The van der Waals surface area contributed by atoms with Crippen molar-refractivity contribution in [3.05, 3.63) is 33.9 Å². The van der Waals surface area contributed by atoms with E-state index in [1.54, 1.807) is 13.0 Å². The Kier molecular flexibility index (Phi) is 5.43. The van der Waals surface area contributed by atoms with Gasteiger partial charge in [0.15, 0.2) is 0 Å². The van der Waals surface area contributed by atoms with Crippen LogP contribution in [0.4, 0.5) is 0 Å². The highest BCUT2D eigenvalue weighted by molar-refractivity contribution is 7.81. The monoisotopic (exact) mass is 352 g/mol. The van der Waals surface area contributed by atoms with Gasteiger partial charge in [-0.05, 0) is 32.3 Å². The van der Waals surface area contributed by atoms with Crippen LogP contribution in [0.15, 0.2) is 11.6 Å². The number of carboxylic acid groups (broad SMARTS) is 1. The minimum atomic E-state index is -0.984. The van der Waals surface area contributed by atoms with Crippen molar-refractivity contribution in [3.63, 3.8) is 0 Å². The number of ether oxygens (including phenoxy) is 2. The van der Waals surface area contributed by atoms with E-state index < -0.39 is 17.2 Å². The molecule has 7 heteroatoms. The number of thiol groups is 1. The molecule has 0 aliphatic carbocycles. The summed E-state index contributed by atoms with van der Waals surface area (Å²) in [6.07, 6.45) is 2.39. The molecule has 130 valence electrons. The van der Waals surface area contributed by atoms with Crippen LogP contribution in [0.5, 0.6) is 11.5 Å². The van der Waals surface area contributed by atoms with E-state index >= 15 is 0 Å². The van der Waals surface area contributed by atoms with Crippen molar-refractivity contribution in [1.29, 1.82) is 0 Å². The quantitative estimate of drug-likeness (QED) is 0.414. The maximum Gasteiger partial charge on any atom is 0.342 e. The predicted octanol–water partition coefficient (Wildman–Crippen LogP) is 2.64. The number of methoxy groups -OCH3 is 1. The first-order valence-electron chi connectivity index (χ1n) is 7.42. The topological polar surface area (TPSA) is 93.1 Å². The summed E-state index contributed by atoms with van der Waals surface area (Å²) in [5.41, 5.74) is 2.89. The number of esters is 1. The number of carbonyl (C=O) groups is 2. The third-order valence-electron chi connectivity index (χ3n) is 4.10. The summed E-state index contributed by atoms with van der Waals surface area (Å²) in [5, 5.41) is 18.6. The van der Waals surface area contributed by atoms with Gasteiger partial charge in [-0.25, -0.2) is 4.79 Å². The Labute approximate surface area is 145 Å². The first-order chi connectivity index (χ1) is 11.3. The van der Waals surface area contributed by atoms with Gasteiger partial charge < -0.3 is 19.7 Å². The normalized spacial score (nSPS) is 15.0. The van der Waals surface area contributed by atoms with Crippen LogP contribution in [0.25, 0.3) is 0 Å². The molecule has 1 heterocycles. The number of benzene rings is 1. The number of hydrogen-bond acceptors (Lipinski definition) is 6. The number of hydrogen-bond donors (Lipinski definition) is 3. The molecule has 0 aromatic heterocycles. The maximum absolute atomic E-state index is 11.8. The summed E-state index contributed by atoms with van der Waals surface area (Å²) in [4.78, 5) is 22.7. The molecular formula is C17H20O6S. The zero-order chi connectivity index (χ0) is 18.0. The number of phenols is 1. The molecule has 2 rings (SSSR count). The van der Waals surface area contributed by atoms with Crippen LogP contribution in [0.2, 0.25) is 0 Å². The van der Waals surface area contributed by atoms with Crippen molar-refractivity contribution in [2.75, 3.05) is 7.11 Å². The second-order valence-corrected chi connectivity index (χ2v) is 6.35. The molecule has 1 aliphatic heterocycles. The summed E-state index contributed by atoms with van der Waals surface area (Å²) >= 11 is 4.01. The molecule has 1 aliphatic rings. The lowest BCUT2D eigenvalue weighted by Crippen LogP contribution is -2.13. The number of aliphatic carboxylic acids is 1. The Hall–Kier alpha value is -2.15. The lowest BCUT2D eigenvalue weighted by molar-refractivity contribution is -0.136. The van der Waals surface area contributed by atoms with E-state index in [4.69, 9.17) is 14.6 Å². The highest BCUT2D eigenvalue weighted by Crippen LogP contribution is 2.42. The van der Waals surface area contributed by atoms with E-state index in [2.05, 4.69) is 12.6 Å². The van der Waals surface area contributed by atoms with Crippen LogP contribution in [-0.2, 0) is 22.6 Å². The molecule has 1 aromatic carbocycles. The van der Waals surface area contributed by atoms with Gasteiger partial charge in [0.1, 0.15) is 28.9 Å². The van der Waals surface area contributed by atoms with Crippen molar-refractivity contribution in [3.8, 4) is 11.5 Å². The van der Waals surface area contributed by atoms with E-state index in [0.717, 1.165) is 11.1 Å². The molecule has 24 heavy (non-hydrogen) atoms. The predicted molar refractivity (Wildman–Crippen MR) is 91.0 cm³/mol. The number of fused-ring (bicyclic) bond motifs is 1. The van der Waals surface area contributed by atoms with Gasteiger partial charge in [-0.1, -0.05) is 11.6 Å². The highest BCUT2D eigenvalue weighted by atomic mass is 32.1. The van der Waals surface area contributed by atoms with Gasteiger partial charge in [0.25, 0.3) is 0 Å². The molecule has 0 fully saturated rings. The zero-order valence-electron chi connectivity index (χ0n) is 13.8. The van der Waals surface area contributed by atoms with Crippen LogP contribution < -0.4 is 4.74 Å². The van der Waals surface area contributed by atoms with Crippen LogP contribution >= 0.6 is 12.6 Å². The number of cyclic esters (lactones) is 1. The van der Waals surface area contributed by atoms with Crippen molar-refractivity contribution >= 4 is 24.6 Å². The lowest BCUT2D eigenvalue weighted by Gasteiger charge is -2.16. The van der Waals surface area contributed by atoms with Crippen LogP contribution in [-0.4, -0.2) is 34.5 Å². The summed E-state index contributed by atoms with van der Waals surface area (Å²) in [5.74, 6) is -1.16. The average molecular weight is 352 g/mol. The van der Waals surface area contributed by atoms with E-state index in [1.807, 2.05) is 6.92 Å². The van der Waals surface area contributed by atoms with Crippen LogP contribution in [0, 0.1) is 6.92 Å². The second-order valence-electron chi connectivity index (χ2n) is 5.73.